The van der Waals surface area contributed by atoms with Crippen LogP contribution in [0.1, 0.15) is 60.3 Å². The Morgan fingerprint density at radius 2 is 1.68 bits per heavy atom. The molecular formula is C31H32N4OS. The molecule has 1 N–H and O–H groups in total. The molecule has 2 aliphatic rings. The molecule has 6 rings (SSSR count). The minimum Gasteiger partial charge on any atom is -0.490 e. The Bertz CT molecular complexity index is 1390. The second-order valence-corrected chi connectivity index (χ2v) is 10.5. The number of aryl methyl sites for hydroxylation is 2. The zero-order valence-corrected chi connectivity index (χ0v) is 22.1. The van der Waals surface area contributed by atoms with Crippen molar-refractivity contribution in [3.05, 3.63) is 108 Å². The minimum atomic E-state index is -0.0942. The maximum absolute atomic E-state index is 6.23. The molecule has 0 amide bonds. The molecule has 188 valence electrons. The van der Waals surface area contributed by atoms with E-state index in [0.717, 1.165) is 41.4 Å². The van der Waals surface area contributed by atoms with Crippen LogP contribution in [0.5, 0.6) is 5.75 Å². The van der Waals surface area contributed by atoms with Crippen molar-refractivity contribution < 1.29 is 4.74 Å². The minimum absolute atomic E-state index is 0.0828. The van der Waals surface area contributed by atoms with Crippen LogP contribution < -0.4 is 15.0 Å². The van der Waals surface area contributed by atoms with Crippen molar-refractivity contribution in [1.82, 2.24) is 14.9 Å². The number of hydrogen-bond acceptors (Lipinski definition) is 3. The van der Waals surface area contributed by atoms with Crippen molar-refractivity contribution in [3.63, 3.8) is 0 Å². The van der Waals surface area contributed by atoms with E-state index >= 15 is 0 Å². The molecule has 1 saturated carbocycles. The van der Waals surface area contributed by atoms with E-state index in [0.29, 0.717) is 11.2 Å². The number of benzene rings is 2. The summed E-state index contributed by atoms with van der Waals surface area (Å²) >= 11 is 5.94. The summed E-state index contributed by atoms with van der Waals surface area (Å²) in [4.78, 5) is 6.93. The number of rotatable bonds is 6. The fourth-order valence-corrected chi connectivity index (χ4v) is 5.91. The summed E-state index contributed by atoms with van der Waals surface area (Å²) in [5, 5.41) is 4.27. The molecule has 0 unspecified atom stereocenters. The van der Waals surface area contributed by atoms with Crippen LogP contribution in [0, 0.1) is 13.8 Å². The fourth-order valence-electron chi connectivity index (χ4n) is 5.56. The maximum Gasteiger partial charge on any atom is 0.174 e. The van der Waals surface area contributed by atoms with Gasteiger partial charge in [-0.15, -0.1) is 0 Å². The normalized spacial score (nSPS) is 19.8. The third kappa shape index (κ3) is 4.62. The van der Waals surface area contributed by atoms with Crippen LogP contribution >= 0.6 is 12.2 Å². The molecule has 6 heteroatoms. The number of aromatic nitrogens is 2. The molecule has 1 aliphatic carbocycles. The molecule has 1 saturated heterocycles. The van der Waals surface area contributed by atoms with Crippen LogP contribution in [0.4, 0.5) is 5.69 Å². The average molecular weight is 509 g/mol. The van der Waals surface area contributed by atoms with Gasteiger partial charge in [-0.1, -0.05) is 12.1 Å². The first-order valence-corrected chi connectivity index (χ1v) is 13.5. The van der Waals surface area contributed by atoms with Gasteiger partial charge in [0.2, 0.25) is 0 Å². The number of pyridine rings is 1. The molecule has 0 spiro atoms. The Labute approximate surface area is 224 Å². The maximum atomic E-state index is 6.23. The molecule has 2 fully saturated rings. The van der Waals surface area contributed by atoms with Gasteiger partial charge in [-0.05, 0) is 124 Å². The van der Waals surface area contributed by atoms with E-state index in [1.807, 2.05) is 18.3 Å². The van der Waals surface area contributed by atoms with Crippen molar-refractivity contribution in [2.24, 2.45) is 0 Å². The molecule has 1 aliphatic heterocycles. The Hall–Kier alpha value is -3.64. The van der Waals surface area contributed by atoms with Crippen LogP contribution in [-0.2, 0) is 0 Å². The third-order valence-electron chi connectivity index (χ3n) is 7.67. The Kier molecular flexibility index (Phi) is 6.43. The van der Waals surface area contributed by atoms with E-state index in [9.17, 15) is 0 Å². The number of thiocarbonyl (C=S) groups is 1. The summed E-state index contributed by atoms with van der Waals surface area (Å²) < 4.78 is 8.50. The van der Waals surface area contributed by atoms with E-state index < -0.39 is 0 Å². The van der Waals surface area contributed by atoms with Gasteiger partial charge in [0, 0.05) is 29.5 Å². The average Bonchev–Trinajstić information content (AvgIpc) is 3.67. The van der Waals surface area contributed by atoms with Crippen LogP contribution in [0.25, 0.3) is 5.69 Å². The monoisotopic (exact) mass is 508 g/mol. The van der Waals surface area contributed by atoms with Crippen molar-refractivity contribution in [2.75, 3.05) is 4.90 Å². The zero-order chi connectivity index (χ0) is 25.4. The summed E-state index contributed by atoms with van der Waals surface area (Å²) in [6, 6.07) is 25.2. The zero-order valence-electron chi connectivity index (χ0n) is 21.3. The smallest absolute Gasteiger partial charge is 0.174 e. The first kappa shape index (κ1) is 23.7. The van der Waals surface area contributed by atoms with Crippen molar-refractivity contribution >= 4 is 23.0 Å². The summed E-state index contributed by atoms with van der Waals surface area (Å²) in [5.74, 6) is 0.921. The second-order valence-electron chi connectivity index (χ2n) is 10.1. The second kappa shape index (κ2) is 10.0. The highest BCUT2D eigenvalue weighted by atomic mass is 32.1. The molecule has 37 heavy (non-hydrogen) atoms. The molecule has 0 radical (unpaired) electrons. The predicted molar refractivity (Wildman–Crippen MR) is 153 cm³/mol. The van der Waals surface area contributed by atoms with Crippen LogP contribution in [0.15, 0.2) is 85.2 Å². The molecule has 5 nitrogen and oxygen atoms in total. The van der Waals surface area contributed by atoms with Gasteiger partial charge in [0.25, 0.3) is 0 Å². The van der Waals surface area contributed by atoms with E-state index in [1.54, 1.807) is 0 Å². The first-order valence-electron chi connectivity index (χ1n) is 13.1. The van der Waals surface area contributed by atoms with Crippen molar-refractivity contribution in [3.8, 4) is 11.4 Å². The van der Waals surface area contributed by atoms with Crippen LogP contribution in [-0.4, -0.2) is 20.8 Å². The SMILES string of the molecule is Cc1ccc(-n2cccc2[C@H]2[C@@H](c3ccccn3)NC(=S)N2c2ccc(OC3CCCC3)cc2)cc1C. The molecular weight excluding hydrogens is 476 g/mol. The van der Waals surface area contributed by atoms with Crippen molar-refractivity contribution in [2.45, 2.75) is 57.7 Å². The molecule has 0 bridgehead atoms. The highest BCUT2D eigenvalue weighted by Crippen LogP contribution is 2.42. The van der Waals surface area contributed by atoms with Crippen molar-refractivity contribution in [1.29, 1.82) is 0 Å². The summed E-state index contributed by atoms with van der Waals surface area (Å²) in [6.07, 6.45) is 9.11. The highest BCUT2D eigenvalue weighted by Gasteiger charge is 2.42. The number of nitrogens with zero attached hydrogens (tertiary/aromatic N) is 3. The largest absolute Gasteiger partial charge is 0.490 e. The van der Waals surface area contributed by atoms with Gasteiger partial charge in [0.05, 0.1) is 17.8 Å². The van der Waals surface area contributed by atoms with E-state index in [1.165, 1.54) is 24.0 Å². The van der Waals surface area contributed by atoms with Gasteiger partial charge >= 0.3 is 0 Å². The summed E-state index contributed by atoms with van der Waals surface area (Å²) in [6.45, 7) is 4.31. The van der Waals surface area contributed by atoms with Crippen LogP contribution in [0.3, 0.4) is 0 Å². The highest BCUT2D eigenvalue weighted by molar-refractivity contribution is 7.80. The topological polar surface area (TPSA) is 42.3 Å². The van der Waals surface area contributed by atoms with Gasteiger partial charge < -0.3 is 19.5 Å². The number of hydrogen-bond donors (Lipinski definition) is 1. The van der Waals surface area contributed by atoms with Crippen LogP contribution in [0.2, 0.25) is 0 Å². The number of ether oxygens (including phenoxy) is 1. The van der Waals surface area contributed by atoms with Gasteiger partial charge in [-0.3, -0.25) is 4.98 Å². The van der Waals surface area contributed by atoms with E-state index in [4.69, 9.17) is 21.9 Å². The number of nitrogens with one attached hydrogen (secondary N) is 1. The Balaban J connectivity index is 1.40. The molecule has 4 aromatic rings. The lowest BCUT2D eigenvalue weighted by Gasteiger charge is -2.29. The summed E-state index contributed by atoms with van der Waals surface area (Å²) in [5.41, 5.74) is 6.85. The standard InChI is InChI=1S/C31H32N4OS/c1-21-12-13-24(20-22(21)2)34-19-7-11-28(34)30-29(27-10-5-6-18-32-27)33-31(37)35(30)23-14-16-26(17-15-23)36-25-8-3-4-9-25/h5-7,10-20,25,29-30H,3-4,8-9H2,1-2H3,(H,33,37)/t29-,30+/m1/s1. The van der Waals surface area contributed by atoms with E-state index in [-0.39, 0.29) is 12.1 Å². The van der Waals surface area contributed by atoms with Gasteiger partial charge in [-0.2, -0.15) is 0 Å². The predicted octanol–water partition coefficient (Wildman–Crippen LogP) is 6.99. The summed E-state index contributed by atoms with van der Waals surface area (Å²) in [7, 11) is 0. The lowest BCUT2D eigenvalue weighted by molar-refractivity contribution is 0.210. The molecule has 2 aromatic carbocycles. The quantitative estimate of drug-likeness (QED) is 0.284. The number of anilines is 1. The molecule has 2 aromatic heterocycles. The van der Waals surface area contributed by atoms with Gasteiger partial charge in [0.15, 0.2) is 5.11 Å². The lowest BCUT2D eigenvalue weighted by atomic mass is 10.0. The Morgan fingerprint density at radius 1 is 0.892 bits per heavy atom. The van der Waals surface area contributed by atoms with Gasteiger partial charge in [0.1, 0.15) is 11.8 Å². The Morgan fingerprint density at radius 3 is 2.41 bits per heavy atom. The third-order valence-corrected chi connectivity index (χ3v) is 7.98. The van der Waals surface area contributed by atoms with Gasteiger partial charge in [-0.25, -0.2) is 0 Å². The van der Waals surface area contributed by atoms with E-state index in [2.05, 4.69) is 95.5 Å². The lowest BCUT2D eigenvalue weighted by Crippen LogP contribution is -2.30. The molecule has 3 heterocycles. The fraction of sp³-hybridized carbons (Fsp3) is 0.290. The first-order chi connectivity index (χ1) is 18.1. The molecule has 2 atom stereocenters.